The van der Waals surface area contributed by atoms with Crippen molar-refractivity contribution in [2.45, 2.75) is 12.8 Å². The zero-order chi connectivity index (χ0) is 14.0. The number of sulfone groups is 1. The fourth-order valence-electron chi connectivity index (χ4n) is 1.94. The molecule has 1 amide bonds. The molecule has 1 aliphatic heterocycles. The number of hydrogen-bond acceptors (Lipinski definition) is 5. The third kappa shape index (κ3) is 4.29. The molecule has 1 aromatic rings. The van der Waals surface area contributed by atoms with E-state index in [4.69, 9.17) is 23.2 Å². The van der Waals surface area contributed by atoms with Crippen molar-refractivity contribution >= 4 is 44.8 Å². The number of anilines is 1. The predicted molar refractivity (Wildman–Crippen MR) is 72.1 cm³/mol. The topological polar surface area (TPSA) is 89.0 Å². The zero-order valence-corrected chi connectivity index (χ0v) is 12.1. The molecule has 1 atom stereocenters. The van der Waals surface area contributed by atoms with Gasteiger partial charge < -0.3 is 5.32 Å². The average molecular weight is 324 g/mol. The summed E-state index contributed by atoms with van der Waals surface area (Å²) in [5, 5.41) is 2.58. The van der Waals surface area contributed by atoms with Crippen LogP contribution in [0.3, 0.4) is 0 Å². The highest BCUT2D eigenvalue weighted by atomic mass is 35.5. The van der Waals surface area contributed by atoms with E-state index in [2.05, 4.69) is 15.3 Å². The molecule has 0 radical (unpaired) electrons. The molecule has 0 spiro atoms. The van der Waals surface area contributed by atoms with Gasteiger partial charge in [-0.15, -0.1) is 0 Å². The molecular formula is C10H11Cl2N3O3S. The molecule has 1 unspecified atom stereocenters. The van der Waals surface area contributed by atoms with E-state index >= 15 is 0 Å². The maximum absolute atomic E-state index is 11.7. The van der Waals surface area contributed by atoms with Crippen LogP contribution in [0.25, 0.3) is 0 Å². The van der Waals surface area contributed by atoms with Gasteiger partial charge in [-0.25, -0.2) is 18.4 Å². The third-order valence-corrected chi connectivity index (χ3v) is 4.94. The zero-order valence-electron chi connectivity index (χ0n) is 9.77. The standard InChI is InChI=1S/C10H11Cl2N3O3S/c11-7-4-8(15-10(12)13-7)14-9(16)3-6-1-2-19(17,18)5-6/h4,6H,1-3,5H2,(H,13,14,15,16). The summed E-state index contributed by atoms with van der Waals surface area (Å²) in [5.41, 5.74) is 0. The molecule has 0 saturated carbocycles. The molecule has 1 aliphatic rings. The smallest absolute Gasteiger partial charge is 0.225 e. The Morgan fingerprint density at radius 2 is 2.16 bits per heavy atom. The number of carbonyl (C=O) groups excluding carboxylic acids is 1. The highest BCUT2D eigenvalue weighted by Crippen LogP contribution is 2.22. The SMILES string of the molecule is O=C(CC1CCS(=O)(=O)C1)Nc1cc(Cl)nc(Cl)n1. The number of nitrogens with zero attached hydrogens (tertiary/aromatic N) is 2. The van der Waals surface area contributed by atoms with Crippen molar-refractivity contribution in [3.8, 4) is 0 Å². The van der Waals surface area contributed by atoms with Crippen LogP contribution in [0.2, 0.25) is 10.4 Å². The van der Waals surface area contributed by atoms with Gasteiger partial charge in [0.1, 0.15) is 11.0 Å². The molecular weight excluding hydrogens is 313 g/mol. The van der Waals surface area contributed by atoms with Crippen LogP contribution in [0, 0.1) is 5.92 Å². The van der Waals surface area contributed by atoms with Gasteiger partial charge in [0.25, 0.3) is 0 Å². The predicted octanol–water partition coefficient (Wildman–Crippen LogP) is 1.55. The van der Waals surface area contributed by atoms with Crippen molar-refractivity contribution in [2.24, 2.45) is 5.92 Å². The van der Waals surface area contributed by atoms with Crippen LogP contribution < -0.4 is 5.32 Å². The Morgan fingerprint density at radius 3 is 2.74 bits per heavy atom. The lowest BCUT2D eigenvalue weighted by Gasteiger charge is -2.08. The minimum absolute atomic E-state index is 0.0612. The first kappa shape index (κ1) is 14.5. The summed E-state index contributed by atoms with van der Waals surface area (Å²) < 4.78 is 22.6. The Morgan fingerprint density at radius 1 is 1.42 bits per heavy atom. The minimum atomic E-state index is -2.98. The Bertz CT molecular complexity index is 586. The molecule has 0 aromatic carbocycles. The second-order valence-electron chi connectivity index (χ2n) is 4.37. The molecule has 0 bridgehead atoms. The number of halogens is 2. The minimum Gasteiger partial charge on any atom is -0.311 e. The van der Waals surface area contributed by atoms with Crippen molar-refractivity contribution in [2.75, 3.05) is 16.8 Å². The second-order valence-corrected chi connectivity index (χ2v) is 7.32. The monoisotopic (exact) mass is 323 g/mol. The molecule has 1 N–H and O–H groups in total. The largest absolute Gasteiger partial charge is 0.311 e. The fourth-order valence-corrected chi connectivity index (χ4v) is 4.21. The number of hydrogen-bond donors (Lipinski definition) is 1. The van der Waals surface area contributed by atoms with Crippen molar-refractivity contribution in [3.63, 3.8) is 0 Å². The van der Waals surface area contributed by atoms with E-state index in [0.29, 0.717) is 6.42 Å². The average Bonchev–Trinajstić information content (AvgIpc) is 2.55. The normalized spacial score (nSPS) is 21.3. The summed E-state index contributed by atoms with van der Waals surface area (Å²) in [6.45, 7) is 0. The Balaban J connectivity index is 1.95. The van der Waals surface area contributed by atoms with E-state index in [0.717, 1.165) is 0 Å². The maximum atomic E-state index is 11.7. The Kier molecular flexibility index (Phi) is 4.27. The van der Waals surface area contributed by atoms with Crippen LogP contribution in [0.1, 0.15) is 12.8 Å². The quantitative estimate of drug-likeness (QED) is 0.673. The van der Waals surface area contributed by atoms with Crippen LogP contribution in [-0.2, 0) is 14.6 Å². The number of amides is 1. The maximum Gasteiger partial charge on any atom is 0.225 e. The molecule has 9 heteroatoms. The Labute approximate surface area is 120 Å². The highest BCUT2D eigenvalue weighted by molar-refractivity contribution is 7.91. The third-order valence-electron chi connectivity index (χ3n) is 2.74. The summed E-state index contributed by atoms with van der Waals surface area (Å²) in [4.78, 5) is 19.2. The van der Waals surface area contributed by atoms with Crippen LogP contribution in [0.15, 0.2) is 6.07 Å². The van der Waals surface area contributed by atoms with Gasteiger partial charge in [0, 0.05) is 12.5 Å². The molecule has 2 rings (SSSR count). The molecule has 2 heterocycles. The van der Waals surface area contributed by atoms with Gasteiger partial charge in [-0.1, -0.05) is 11.6 Å². The van der Waals surface area contributed by atoms with Crippen LogP contribution in [-0.4, -0.2) is 35.8 Å². The number of carbonyl (C=O) groups is 1. The fraction of sp³-hybridized carbons (Fsp3) is 0.500. The summed E-state index contributed by atoms with van der Waals surface area (Å²) in [5.74, 6) is -0.0384. The van der Waals surface area contributed by atoms with Gasteiger partial charge in [-0.2, -0.15) is 0 Å². The van der Waals surface area contributed by atoms with E-state index < -0.39 is 9.84 Å². The summed E-state index contributed by atoms with van der Waals surface area (Å²) >= 11 is 11.3. The number of rotatable bonds is 3. The molecule has 0 aliphatic carbocycles. The van der Waals surface area contributed by atoms with E-state index in [-0.39, 0.29) is 46.0 Å². The Hall–Kier alpha value is -0.920. The molecule has 1 fully saturated rings. The van der Waals surface area contributed by atoms with Gasteiger partial charge in [0.15, 0.2) is 9.84 Å². The first-order valence-electron chi connectivity index (χ1n) is 5.54. The summed E-state index contributed by atoms with van der Waals surface area (Å²) in [7, 11) is -2.98. The molecule has 6 nitrogen and oxygen atoms in total. The van der Waals surface area contributed by atoms with E-state index in [1.165, 1.54) is 6.07 Å². The van der Waals surface area contributed by atoms with Crippen molar-refractivity contribution in [1.82, 2.24) is 9.97 Å². The lowest BCUT2D eigenvalue weighted by atomic mass is 10.1. The van der Waals surface area contributed by atoms with E-state index in [9.17, 15) is 13.2 Å². The first-order valence-corrected chi connectivity index (χ1v) is 8.12. The molecule has 19 heavy (non-hydrogen) atoms. The first-order chi connectivity index (χ1) is 8.84. The van der Waals surface area contributed by atoms with Gasteiger partial charge in [-0.05, 0) is 23.9 Å². The summed E-state index contributed by atoms with van der Waals surface area (Å²) in [6.07, 6.45) is 0.652. The highest BCUT2D eigenvalue weighted by Gasteiger charge is 2.29. The summed E-state index contributed by atoms with van der Waals surface area (Å²) in [6, 6.07) is 1.37. The lowest BCUT2D eigenvalue weighted by molar-refractivity contribution is -0.116. The van der Waals surface area contributed by atoms with Gasteiger partial charge in [-0.3, -0.25) is 4.79 Å². The van der Waals surface area contributed by atoms with Crippen LogP contribution in [0.5, 0.6) is 0 Å². The molecule has 1 saturated heterocycles. The van der Waals surface area contributed by atoms with Gasteiger partial charge in [0.05, 0.1) is 11.5 Å². The van der Waals surface area contributed by atoms with Gasteiger partial charge in [0.2, 0.25) is 11.2 Å². The van der Waals surface area contributed by atoms with Crippen molar-refractivity contribution in [1.29, 1.82) is 0 Å². The van der Waals surface area contributed by atoms with Crippen LogP contribution >= 0.6 is 23.2 Å². The molecule has 104 valence electrons. The number of nitrogens with one attached hydrogen (secondary N) is 1. The molecule has 1 aromatic heterocycles. The second kappa shape index (κ2) is 5.60. The van der Waals surface area contributed by atoms with E-state index in [1.54, 1.807) is 0 Å². The van der Waals surface area contributed by atoms with Gasteiger partial charge >= 0.3 is 0 Å². The van der Waals surface area contributed by atoms with Crippen LogP contribution in [0.4, 0.5) is 5.82 Å². The number of aromatic nitrogens is 2. The van der Waals surface area contributed by atoms with Crippen molar-refractivity contribution < 1.29 is 13.2 Å². The van der Waals surface area contributed by atoms with Crippen molar-refractivity contribution in [3.05, 3.63) is 16.5 Å². The van der Waals surface area contributed by atoms with E-state index in [1.807, 2.05) is 0 Å². The lowest BCUT2D eigenvalue weighted by Crippen LogP contribution is -2.18.